The van der Waals surface area contributed by atoms with Crippen LogP contribution in [0.4, 0.5) is 5.69 Å². The van der Waals surface area contributed by atoms with Crippen molar-refractivity contribution >= 4 is 40.5 Å². The Hall–Kier alpha value is -1.59. The molecular weight excluding hydrogens is 278 g/mol. The maximum Gasteiger partial charge on any atom is 0.265 e. The largest absolute Gasteiger partial charge is 0.321 e. The summed E-state index contributed by atoms with van der Waals surface area (Å²) >= 11 is 2.86. The van der Waals surface area contributed by atoms with Gasteiger partial charge in [0.1, 0.15) is 0 Å². The predicted octanol–water partition coefficient (Wildman–Crippen LogP) is 3.92. The van der Waals surface area contributed by atoms with Crippen molar-refractivity contribution in [2.24, 2.45) is 0 Å². The highest BCUT2D eigenvalue weighted by Crippen LogP contribution is 2.20. The quantitative estimate of drug-likeness (QED) is 0.686. The number of Topliss-reactive ketones (excluding diaryl/α,β-unsaturated/α-hetero) is 1. The van der Waals surface area contributed by atoms with Crippen molar-refractivity contribution < 1.29 is 9.59 Å². The summed E-state index contributed by atoms with van der Waals surface area (Å²) in [5, 5.41) is 2.81. The van der Waals surface area contributed by atoms with Crippen LogP contribution in [-0.2, 0) is 0 Å². The highest BCUT2D eigenvalue weighted by atomic mass is 32.2. The molecule has 1 amide bonds. The Kier molecular flexibility index (Phi) is 4.39. The molecule has 0 saturated carbocycles. The van der Waals surface area contributed by atoms with Gasteiger partial charge in [0.2, 0.25) is 0 Å². The molecule has 2 rings (SSSR count). The fourth-order valence-electron chi connectivity index (χ4n) is 1.52. The van der Waals surface area contributed by atoms with Gasteiger partial charge in [-0.1, -0.05) is 0 Å². The van der Waals surface area contributed by atoms with Gasteiger partial charge >= 0.3 is 0 Å². The van der Waals surface area contributed by atoms with Gasteiger partial charge in [-0.3, -0.25) is 9.59 Å². The van der Waals surface area contributed by atoms with Gasteiger partial charge in [0.25, 0.3) is 5.91 Å². The van der Waals surface area contributed by atoms with Crippen LogP contribution in [0.25, 0.3) is 0 Å². The lowest BCUT2D eigenvalue weighted by molar-refractivity contribution is 0.101. The Labute approximate surface area is 120 Å². The third kappa shape index (κ3) is 3.45. The molecule has 5 heteroatoms. The highest BCUT2D eigenvalue weighted by molar-refractivity contribution is 7.98. The molecule has 1 aromatic carbocycles. The number of carbonyl (C=O) groups is 2. The summed E-state index contributed by atoms with van der Waals surface area (Å²) in [5.74, 6) is -0.206. The number of amides is 1. The maximum atomic E-state index is 12.0. The second-order valence-electron chi connectivity index (χ2n) is 3.90. The average molecular weight is 291 g/mol. The summed E-state index contributed by atoms with van der Waals surface area (Å²) in [6.45, 7) is 1.49. The molecule has 1 aromatic heterocycles. The molecule has 0 aliphatic heterocycles. The second kappa shape index (κ2) is 6.04. The van der Waals surface area contributed by atoms with Crippen LogP contribution in [0.15, 0.2) is 41.3 Å². The topological polar surface area (TPSA) is 46.2 Å². The number of thioether (sulfide) groups is 1. The number of benzene rings is 1. The molecule has 0 fully saturated rings. The third-order valence-electron chi connectivity index (χ3n) is 2.52. The number of rotatable bonds is 4. The Balaban J connectivity index is 2.08. The van der Waals surface area contributed by atoms with Crippen LogP contribution in [0.3, 0.4) is 0 Å². The number of ketones is 1. The fourth-order valence-corrected chi connectivity index (χ4v) is 2.72. The summed E-state index contributed by atoms with van der Waals surface area (Å²) in [4.78, 5) is 25.5. The Morgan fingerprint density at radius 3 is 2.21 bits per heavy atom. The molecule has 0 spiro atoms. The molecule has 0 saturated heterocycles. The zero-order chi connectivity index (χ0) is 13.8. The minimum Gasteiger partial charge on any atom is -0.321 e. The smallest absolute Gasteiger partial charge is 0.265 e. The van der Waals surface area contributed by atoms with E-state index >= 15 is 0 Å². The van der Waals surface area contributed by atoms with Crippen LogP contribution < -0.4 is 5.32 Å². The van der Waals surface area contributed by atoms with Gasteiger partial charge in [0.05, 0.1) is 9.75 Å². The van der Waals surface area contributed by atoms with Crippen LogP contribution in [0, 0.1) is 0 Å². The summed E-state index contributed by atoms with van der Waals surface area (Å²) in [7, 11) is 0. The summed E-state index contributed by atoms with van der Waals surface area (Å²) in [5.41, 5.74) is 0.751. The summed E-state index contributed by atoms with van der Waals surface area (Å²) < 4.78 is 0. The van der Waals surface area contributed by atoms with Crippen molar-refractivity contribution in [1.29, 1.82) is 0 Å². The van der Waals surface area contributed by atoms with E-state index in [4.69, 9.17) is 0 Å². The second-order valence-corrected chi connectivity index (χ2v) is 5.87. The molecule has 0 bridgehead atoms. The van der Waals surface area contributed by atoms with Gasteiger partial charge in [-0.2, -0.15) is 0 Å². The molecule has 0 aliphatic carbocycles. The number of nitrogens with one attached hydrogen (secondary N) is 1. The molecule has 0 unspecified atom stereocenters. The SMILES string of the molecule is CSc1ccc(NC(=O)c2ccc(C(C)=O)s2)cc1. The normalized spacial score (nSPS) is 10.2. The Morgan fingerprint density at radius 2 is 1.68 bits per heavy atom. The van der Waals surface area contributed by atoms with Crippen molar-refractivity contribution in [2.45, 2.75) is 11.8 Å². The summed E-state index contributed by atoms with van der Waals surface area (Å²) in [6, 6.07) is 11.0. The molecule has 1 heterocycles. The molecule has 2 aromatic rings. The third-order valence-corrected chi connectivity index (χ3v) is 4.45. The van der Waals surface area contributed by atoms with E-state index in [0.29, 0.717) is 9.75 Å². The lowest BCUT2D eigenvalue weighted by atomic mass is 10.3. The van der Waals surface area contributed by atoms with E-state index in [1.807, 2.05) is 30.5 Å². The van der Waals surface area contributed by atoms with E-state index in [2.05, 4.69) is 5.32 Å². The van der Waals surface area contributed by atoms with Gasteiger partial charge in [-0.15, -0.1) is 23.1 Å². The zero-order valence-corrected chi connectivity index (χ0v) is 12.2. The number of hydrogen-bond acceptors (Lipinski definition) is 4. The number of carbonyl (C=O) groups excluding carboxylic acids is 2. The lowest BCUT2D eigenvalue weighted by Crippen LogP contribution is -2.09. The molecule has 98 valence electrons. The molecule has 0 atom stereocenters. The molecule has 0 aliphatic rings. The highest BCUT2D eigenvalue weighted by Gasteiger charge is 2.11. The van der Waals surface area contributed by atoms with Crippen molar-refractivity contribution in [3.05, 3.63) is 46.2 Å². The number of hydrogen-bond donors (Lipinski definition) is 1. The molecule has 1 N–H and O–H groups in total. The van der Waals surface area contributed by atoms with Gasteiger partial charge in [0, 0.05) is 10.6 Å². The maximum absolute atomic E-state index is 12.0. The van der Waals surface area contributed by atoms with E-state index in [1.54, 1.807) is 23.9 Å². The van der Waals surface area contributed by atoms with E-state index in [9.17, 15) is 9.59 Å². The minimum absolute atomic E-state index is 0.0200. The first-order chi connectivity index (χ1) is 9.10. The minimum atomic E-state index is -0.186. The van der Waals surface area contributed by atoms with Crippen LogP contribution in [0.2, 0.25) is 0 Å². The number of thiophene rings is 1. The van der Waals surface area contributed by atoms with E-state index in [1.165, 1.54) is 18.3 Å². The summed E-state index contributed by atoms with van der Waals surface area (Å²) in [6.07, 6.45) is 2.00. The van der Waals surface area contributed by atoms with Crippen molar-refractivity contribution in [2.75, 3.05) is 11.6 Å². The van der Waals surface area contributed by atoms with E-state index in [0.717, 1.165) is 10.6 Å². The fraction of sp³-hybridized carbons (Fsp3) is 0.143. The van der Waals surface area contributed by atoms with Crippen molar-refractivity contribution in [1.82, 2.24) is 0 Å². The van der Waals surface area contributed by atoms with Gasteiger partial charge in [-0.05, 0) is 49.6 Å². The monoisotopic (exact) mass is 291 g/mol. The zero-order valence-electron chi connectivity index (χ0n) is 10.6. The first-order valence-electron chi connectivity index (χ1n) is 5.66. The average Bonchev–Trinajstić information content (AvgIpc) is 2.89. The first-order valence-corrected chi connectivity index (χ1v) is 7.70. The Bertz CT molecular complexity index is 602. The van der Waals surface area contributed by atoms with E-state index < -0.39 is 0 Å². The number of anilines is 1. The van der Waals surface area contributed by atoms with Gasteiger partial charge in [-0.25, -0.2) is 0 Å². The van der Waals surface area contributed by atoms with E-state index in [-0.39, 0.29) is 11.7 Å². The predicted molar refractivity (Wildman–Crippen MR) is 80.5 cm³/mol. The molecule has 19 heavy (non-hydrogen) atoms. The molecular formula is C14H13NO2S2. The van der Waals surface area contributed by atoms with Crippen molar-refractivity contribution in [3.63, 3.8) is 0 Å². The van der Waals surface area contributed by atoms with Crippen LogP contribution in [0.1, 0.15) is 26.3 Å². The first kappa shape index (κ1) is 13.8. The molecule has 0 radical (unpaired) electrons. The van der Waals surface area contributed by atoms with Crippen LogP contribution in [0.5, 0.6) is 0 Å². The van der Waals surface area contributed by atoms with Gasteiger partial charge in [0.15, 0.2) is 5.78 Å². The van der Waals surface area contributed by atoms with Crippen LogP contribution in [-0.4, -0.2) is 17.9 Å². The van der Waals surface area contributed by atoms with Crippen molar-refractivity contribution in [3.8, 4) is 0 Å². The molecule has 3 nitrogen and oxygen atoms in total. The Morgan fingerprint density at radius 1 is 1.05 bits per heavy atom. The van der Waals surface area contributed by atoms with Gasteiger partial charge < -0.3 is 5.32 Å². The standard InChI is InChI=1S/C14H13NO2S2/c1-9(16)12-7-8-13(19-12)14(17)15-10-3-5-11(18-2)6-4-10/h3-8H,1-2H3,(H,15,17). The lowest BCUT2D eigenvalue weighted by Gasteiger charge is -2.04. The van der Waals surface area contributed by atoms with Crippen LogP contribution >= 0.6 is 23.1 Å².